The van der Waals surface area contributed by atoms with E-state index < -0.39 is 16.0 Å². The van der Waals surface area contributed by atoms with Crippen molar-refractivity contribution >= 4 is 16.0 Å². The Hall–Kier alpha value is -1.86. The fourth-order valence-electron chi connectivity index (χ4n) is 1.42. The van der Waals surface area contributed by atoms with Crippen LogP contribution in [0.5, 0.6) is 5.75 Å². The molecule has 0 bridgehead atoms. The summed E-state index contributed by atoms with van der Waals surface area (Å²) in [4.78, 5) is 10.5. The molecule has 0 radical (unpaired) electrons. The molecule has 1 aromatic rings. The van der Waals surface area contributed by atoms with Crippen LogP contribution < -0.4 is 4.74 Å². The molecular weight excluding hydrogens is 282 g/mol. The molecule has 20 heavy (non-hydrogen) atoms. The minimum absolute atomic E-state index is 0.0395. The molecule has 1 aromatic carbocycles. The van der Waals surface area contributed by atoms with Gasteiger partial charge >= 0.3 is 5.97 Å². The van der Waals surface area contributed by atoms with Gasteiger partial charge in [-0.2, -0.15) is 4.31 Å². The number of aliphatic carboxylic acids is 1. The Morgan fingerprint density at radius 3 is 2.50 bits per heavy atom. The van der Waals surface area contributed by atoms with Crippen LogP contribution in [0.2, 0.25) is 0 Å². The SMILES string of the molecule is C=CCN(C)S(=O)(=O)c1ccc(OCCC(=O)O)cc1. The average Bonchev–Trinajstić information content (AvgIpc) is 2.39. The lowest BCUT2D eigenvalue weighted by Gasteiger charge is -2.15. The second kappa shape index (κ2) is 7.06. The van der Waals surface area contributed by atoms with Crippen molar-refractivity contribution < 1.29 is 23.1 Å². The second-order valence-corrected chi connectivity index (χ2v) is 6.08. The number of ether oxygens (including phenoxy) is 1. The fourth-order valence-corrected chi connectivity index (χ4v) is 2.57. The van der Waals surface area contributed by atoms with Crippen molar-refractivity contribution in [1.82, 2.24) is 4.31 Å². The Kier molecular flexibility index (Phi) is 5.72. The molecule has 0 saturated heterocycles. The highest BCUT2D eigenvalue weighted by atomic mass is 32.2. The smallest absolute Gasteiger partial charge is 0.306 e. The van der Waals surface area contributed by atoms with Gasteiger partial charge in [-0.25, -0.2) is 8.42 Å². The number of carboxylic acid groups (broad SMARTS) is 1. The van der Waals surface area contributed by atoms with Crippen molar-refractivity contribution in [2.24, 2.45) is 0 Å². The van der Waals surface area contributed by atoms with E-state index in [2.05, 4.69) is 6.58 Å². The van der Waals surface area contributed by atoms with Gasteiger partial charge in [-0.3, -0.25) is 4.79 Å². The van der Waals surface area contributed by atoms with Crippen LogP contribution in [0.25, 0.3) is 0 Å². The van der Waals surface area contributed by atoms with Crippen LogP contribution in [-0.4, -0.2) is 44.0 Å². The van der Waals surface area contributed by atoms with Crippen LogP contribution in [0.1, 0.15) is 6.42 Å². The number of nitrogens with zero attached hydrogens (tertiary/aromatic N) is 1. The summed E-state index contributed by atoms with van der Waals surface area (Å²) in [5.41, 5.74) is 0. The van der Waals surface area contributed by atoms with E-state index in [-0.39, 0.29) is 24.5 Å². The van der Waals surface area contributed by atoms with Gasteiger partial charge in [0, 0.05) is 13.6 Å². The van der Waals surface area contributed by atoms with Gasteiger partial charge in [0.15, 0.2) is 0 Å². The largest absolute Gasteiger partial charge is 0.493 e. The van der Waals surface area contributed by atoms with Gasteiger partial charge in [0.1, 0.15) is 5.75 Å². The summed E-state index contributed by atoms with van der Waals surface area (Å²) < 4.78 is 30.6. The first-order valence-corrected chi connectivity index (χ1v) is 7.34. The standard InChI is InChI=1S/C13H17NO5S/c1-3-9-14(2)20(17,18)12-6-4-11(5-7-12)19-10-8-13(15)16/h3-7H,1,8-10H2,2H3,(H,15,16). The first-order chi connectivity index (χ1) is 9.37. The molecule has 0 amide bonds. The minimum Gasteiger partial charge on any atom is -0.493 e. The Balaban J connectivity index is 2.75. The van der Waals surface area contributed by atoms with Crippen LogP contribution in [0.4, 0.5) is 0 Å². The molecule has 0 aliphatic heterocycles. The van der Waals surface area contributed by atoms with Crippen LogP contribution in [0, 0.1) is 0 Å². The summed E-state index contributed by atoms with van der Waals surface area (Å²) in [6.07, 6.45) is 1.39. The predicted molar refractivity (Wildman–Crippen MR) is 74.2 cm³/mol. The third kappa shape index (κ3) is 4.36. The van der Waals surface area contributed by atoms with Gasteiger partial charge in [0.25, 0.3) is 0 Å². The van der Waals surface area contributed by atoms with E-state index in [9.17, 15) is 13.2 Å². The van der Waals surface area contributed by atoms with Crippen LogP contribution >= 0.6 is 0 Å². The van der Waals surface area contributed by atoms with Gasteiger partial charge in [-0.15, -0.1) is 6.58 Å². The summed E-state index contributed by atoms with van der Waals surface area (Å²) in [6.45, 7) is 3.76. The highest BCUT2D eigenvalue weighted by molar-refractivity contribution is 7.89. The quantitative estimate of drug-likeness (QED) is 0.732. The van der Waals surface area contributed by atoms with Crippen LogP contribution in [0.15, 0.2) is 41.8 Å². The summed E-state index contributed by atoms with van der Waals surface area (Å²) in [7, 11) is -2.07. The van der Waals surface area contributed by atoms with Gasteiger partial charge in [-0.05, 0) is 24.3 Å². The normalized spacial score (nSPS) is 11.3. The molecule has 0 atom stereocenters. The number of hydrogen-bond donors (Lipinski definition) is 1. The van der Waals surface area contributed by atoms with Crippen molar-refractivity contribution in [2.75, 3.05) is 20.2 Å². The number of likely N-dealkylation sites (N-methyl/N-ethyl adjacent to an activating group) is 1. The topological polar surface area (TPSA) is 83.9 Å². The molecule has 7 heteroatoms. The Morgan fingerprint density at radius 2 is 2.00 bits per heavy atom. The predicted octanol–water partition coefficient (Wildman–Crippen LogP) is 1.35. The number of sulfonamides is 1. The summed E-state index contributed by atoms with van der Waals surface area (Å²) >= 11 is 0. The van der Waals surface area contributed by atoms with Crippen LogP contribution in [0.3, 0.4) is 0 Å². The first kappa shape index (κ1) is 16.2. The van der Waals surface area contributed by atoms with Crippen molar-refractivity contribution in [3.63, 3.8) is 0 Å². The van der Waals surface area contributed by atoms with E-state index in [0.717, 1.165) is 0 Å². The number of carbonyl (C=O) groups is 1. The molecule has 6 nitrogen and oxygen atoms in total. The number of carboxylic acids is 1. The molecule has 110 valence electrons. The monoisotopic (exact) mass is 299 g/mol. The molecule has 1 rings (SSSR count). The van der Waals surface area contributed by atoms with Crippen molar-refractivity contribution in [3.05, 3.63) is 36.9 Å². The molecule has 0 aliphatic rings. The fraction of sp³-hybridized carbons (Fsp3) is 0.308. The lowest BCUT2D eigenvalue weighted by molar-refractivity contribution is -0.137. The zero-order valence-corrected chi connectivity index (χ0v) is 12.0. The highest BCUT2D eigenvalue weighted by Crippen LogP contribution is 2.18. The minimum atomic E-state index is -3.54. The molecule has 0 saturated carbocycles. The van der Waals surface area contributed by atoms with Gasteiger partial charge in [0.2, 0.25) is 10.0 Å². The summed E-state index contributed by atoms with van der Waals surface area (Å²) in [5.74, 6) is -0.521. The maximum absolute atomic E-state index is 12.1. The molecular formula is C13H17NO5S. The zero-order valence-electron chi connectivity index (χ0n) is 11.2. The highest BCUT2D eigenvalue weighted by Gasteiger charge is 2.19. The van der Waals surface area contributed by atoms with Gasteiger partial charge in [0.05, 0.1) is 17.9 Å². The van der Waals surface area contributed by atoms with Crippen molar-refractivity contribution in [2.45, 2.75) is 11.3 Å². The van der Waals surface area contributed by atoms with E-state index >= 15 is 0 Å². The summed E-state index contributed by atoms with van der Waals surface area (Å²) in [5, 5.41) is 8.48. The Morgan fingerprint density at radius 1 is 1.40 bits per heavy atom. The third-order valence-electron chi connectivity index (χ3n) is 2.50. The van der Waals surface area contributed by atoms with Crippen molar-refractivity contribution in [3.8, 4) is 5.75 Å². The lowest BCUT2D eigenvalue weighted by atomic mass is 10.3. The molecule has 0 unspecified atom stereocenters. The number of rotatable bonds is 8. The van der Waals surface area contributed by atoms with E-state index in [0.29, 0.717) is 5.75 Å². The van der Waals surface area contributed by atoms with E-state index in [4.69, 9.17) is 9.84 Å². The number of benzene rings is 1. The molecule has 1 N–H and O–H groups in total. The second-order valence-electron chi connectivity index (χ2n) is 4.04. The zero-order chi connectivity index (χ0) is 15.2. The Labute approximate surface area is 118 Å². The number of hydrogen-bond acceptors (Lipinski definition) is 4. The Bertz CT molecular complexity index is 565. The molecule has 0 heterocycles. The first-order valence-electron chi connectivity index (χ1n) is 5.90. The lowest BCUT2D eigenvalue weighted by Crippen LogP contribution is -2.26. The molecule has 0 spiro atoms. The maximum Gasteiger partial charge on any atom is 0.306 e. The molecule has 0 fully saturated rings. The van der Waals surface area contributed by atoms with Crippen molar-refractivity contribution in [1.29, 1.82) is 0 Å². The average molecular weight is 299 g/mol. The molecule has 0 aliphatic carbocycles. The van der Waals surface area contributed by atoms with E-state index in [1.807, 2.05) is 0 Å². The van der Waals surface area contributed by atoms with Gasteiger partial charge < -0.3 is 9.84 Å². The maximum atomic E-state index is 12.1. The van der Waals surface area contributed by atoms with Crippen LogP contribution in [-0.2, 0) is 14.8 Å². The summed E-state index contributed by atoms with van der Waals surface area (Å²) in [6, 6.07) is 5.84. The van der Waals surface area contributed by atoms with E-state index in [1.165, 1.54) is 41.7 Å². The third-order valence-corrected chi connectivity index (χ3v) is 4.34. The molecule has 0 aromatic heterocycles. The van der Waals surface area contributed by atoms with Gasteiger partial charge in [-0.1, -0.05) is 6.08 Å². The van der Waals surface area contributed by atoms with E-state index in [1.54, 1.807) is 0 Å².